The minimum atomic E-state index is -1.82. The molecule has 1 aliphatic carbocycles. The van der Waals surface area contributed by atoms with Crippen molar-refractivity contribution in [3.05, 3.63) is 59.1 Å². The number of nitrogens with zero attached hydrogens (tertiary/aromatic N) is 5. The summed E-state index contributed by atoms with van der Waals surface area (Å²) in [5.41, 5.74) is 10.4. The summed E-state index contributed by atoms with van der Waals surface area (Å²) in [4.78, 5) is 15.9. The molecule has 170 valence electrons. The lowest BCUT2D eigenvalue weighted by atomic mass is 9.78. The third-order valence-corrected chi connectivity index (χ3v) is 7.18. The molecular weight excluding hydrogens is 491 g/mol. The Morgan fingerprint density at radius 3 is 2.58 bits per heavy atom. The Bertz CT molecular complexity index is 1310. The van der Waals surface area contributed by atoms with Crippen LogP contribution in [0.3, 0.4) is 0 Å². The van der Waals surface area contributed by atoms with Crippen molar-refractivity contribution in [1.29, 1.82) is 0 Å². The van der Waals surface area contributed by atoms with E-state index in [0.717, 1.165) is 22.5 Å². The summed E-state index contributed by atoms with van der Waals surface area (Å²) < 4.78 is 18.0. The van der Waals surface area contributed by atoms with Crippen LogP contribution in [0.15, 0.2) is 53.4 Å². The molecule has 0 spiro atoms. The maximum absolute atomic E-state index is 14.0. The van der Waals surface area contributed by atoms with Crippen LogP contribution in [0.4, 0.5) is 10.2 Å². The second-order valence-electron chi connectivity index (χ2n) is 8.35. The van der Waals surface area contributed by atoms with E-state index in [4.69, 9.17) is 15.8 Å². The zero-order valence-corrected chi connectivity index (χ0v) is 19.2. The summed E-state index contributed by atoms with van der Waals surface area (Å²) >= 11 is 3.57. The van der Waals surface area contributed by atoms with Crippen LogP contribution in [0.1, 0.15) is 37.3 Å². The van der Waals surface area contributed by atoms with Crippen LogP contribution in [0.25, 0.3) is 22.5 Å². The highest BCUT2D eigenvalue weighted by Gasteiger charge is 2.34. The molecule has 0 bridgehead atoms. The van der Waals surface area contributed by atoms with Gasteiger partial charge in [0.05, 0.1) is 28.2 Å². The van der Waals surface area contributed by atoms with Gasteiger partial charge in [-0.1, -0.05) is 18.2 Å². The quantitative estimate of drug-likeness (QED) is 0.403. The lowest BCUT2D eigenvalue weighted by molar-refractivity contribution is -0.145. The van der Waals surface area contributed by atoms with E-state index in [9.17, 15) is 9.18 Å². The Balaban J connectivity index is 1.48. The van der Waals surface area contributed by atoms with Gasteiger partial charge in [0.25, 0.3) is 0 Å². The number of nitrogens with two attached hydrogens (primary N) is 1. The monoisotopic (exact) mass is 512 g/mol. The number of hydrogen-bond acceptors (Lipinski definition) is 5. The molecule has 0 radical (unpaired) electrons. The summed E-state index contributed by atoms with van der Waals surface area (Å²) in [7, 11) is 0. The van der Waals surface area contributed by atoms with Gasteiger partial charge in [-0.05, 0) is 53.7 Å². The van der Waals surface area contributed by atoms with Crippen LogP contribution < -0.4 is 5.73 Å². The van der Waals surface area contributed by atoms with Gasteiger partial charge in [0, 0.05) is 29.2 Å². The molecule has 0 unspecified atom stereocenters. The molecule has 3 N–H and O–H groups in total. The predicted octanol–water partition coefficient (Wildman–Crippen LogP) is 4.62. The van der Waals surface area contributed by atoms with Gasteiger partial charge in [-0.2, -0.15) is 14.7 Å². The Morgan fingerprint density at radius 2 is 1.88 bits per heavy atom. The molecule has 5 rings (SSSR count). The van der Waals surface area contributed by atoms with Crippen molar-refractivity contribution in [2.75, 3.05) is 5.73 Å². The van der Waals surface area contributed by atoms with E-state index in [1.54, 1.807) is 21.6 Å². The average molecular weight is 513 g/mol. The maximum Gasteiger partial charge on any atom is 0.338 e. The fourth-order valence-corrected chi connectivity index (χ4v) is 5.14. The van der Waals surface area contributed by atoms with Crippen LogP contribution in [0.5, 0.6) is 0 Å². The van der Waals surface area contributed by atoms with E-state index in [1.807, 2.05) is 36.5 Å². The third kappa shape index (κ3) is 3.88. The molecule has 3 heterocycles. The van der Waals surface area contributed by atoms with Gasteiger partial charge in [-0.3, -0.25) is 0 Å². The number of aliphatic carboxylic acids is 1. The van der Waals surface area contributed by atoms with Gasteiger partial charge in [-0.25, -0.2) is 18.9 Å². The minimum Gasteiger partial charge on any atom is -0.479 e. The Labute approximate surface area is 197 Å². The molecular formula is C23H22BrFN6O2. The molecule has 4 aromatic rings. The highest BCUT2D eigenvalue weighted by Crippen LogP contribution is 2.41. The van der Waals surface area contributed by atoms with Gasteiger partial charge >= 0.3 is 5.97 Å². The first-order valence-electron chi connectivity index (χ1n) is 10.7. The number of nitrogen functional groups attached to an aromatic ring is 1. The van der Waals surface area contributed by atoms with E-state index in [0.29, 0.717) is 41.6 Å². The smallest absolute Gasteiger partial charge is 0.338 e. The number of carboxylic acids is 1. The summed E-state index contributed by atoms with van der Waals surface area (Å²) in [5.74, 6) is -1.36. The highest BCUT2D eigenvalue weighted by molar-refractivity contribution is 9.10. The number of aromatic nitrogens is 5. The van der Waals surface area contributed by atoms with Crippen molar-refractivity contribution in [3.8, 4) is 16.8 Å². The third-order valence-electron chi connectivity index (χ3n) is 6.37. The first-order chi connectivity index (χ1) is 15.9. The van der Waals surface area contributed by atoms with Gasteiger partial charge < -0.3 is 10.8 Å². The van der Waals surface area contributed by atoms with E-state index in [2.05, 4.69) is 26.1 Å². The van der Waals surface area contributed by atoms with Crippen LogP contribution in [-0.4, -0.2) is 41.6 Å². The van der Waals surface area contributed by atoms with Crippen molar-refractivity contribution in [1.82, 2.24) is 24.4 Å². The lowest BCUT2D eigenvalue weighted by Gasteiger charge is -2.29. The van der Waals surface area contributed by atoms with Gasteiger partial charge in [0.1, 0.15) is 5.82 Å². The summed E-state index contributed by atoms with van der Waals surface area (Å²) in [6.45, 7) is 0. The fourth-order valence-electron chi connectivity index (χ4n) is 4.56. The Kier molecular flexibility index (Phi) is 5.61. The molecule has 33 heavy (non-hydrogen) atoms. The number of carbonyl (C=O) groups is 1. The molecule has 0 saturated heterocycles. The Hall–Kier alpha value is -3.27. The minimum absolute atomic E-state index is 0.0544. The summed E-state index contributed by atoms with van der Waals surface area (Å²) in [6.07, 6.45) is 5.87. The number of anilines is 1. The van der Waals surface area contributed by atoms with Gasteiger partial charge in [0.2, 0.25) is 0 Å². The van der Waals surface area contributed by atoms with E-state index in [-0.39, 0.29) is 5.92 Å². The largest absolute Gasteiger partial charge is 0.479 e. The number of carboxylic acid groups (broad SMARTS) is 1. The predicted molar refractivity (Wildman–Crippen MR) is 125 cm³/mol. The molecule has 0 aliphatic heterocycles. The number of alkyl halides is 1. The van der Waals surface area contributed by atoms with E-state index >= 15 is 0 Å². The number of rotatable bonds is 5. The first kappa shape index (κ1) is 21.6. The average Bonchev–Trinajstić information content (AvgIpc) is 3.49. The number of hydrogen-bond donors (Lipinski definition) is 2. The summed E-state index contributed by atoms with van der Waals surface area (Å²) in [5, 5.41) is 17.9. The van der Waals surface area contributed by atoms with Gasteiger partial charge in [-0.15, -0.1) is 0 Å². The van der Waals surface area contributed by atoms with Crippen LogP contribution >= 0.6 is 15.9 Å². The molecule has 10 heteroatoms. The zero-order valence-electron chi connectivity index (χ0n) is 17.6. The standard InChI is InChI=1S/C23H22BrFN6O2/c24-18-20(14-8-6-13(7-9-14)19(25)23(32)33)29-22-17(11-28-31(22)21(18)26)15-10-27-30(12-15)16-4-2-1-3-5-16/h1-5,10-14,19H,6-9,26H2,(H,32,33)/t13?,14?,19-/m0/s1. The molecule has 0 amide bonds. The molecule has 3 aromatic heterocycles. The van der Waals surface area contributed by atoms with Crippen molar-refractivity contribution in [3.63, 3.8) is 0 Å². The van der Waals surface area contributed by atoms with Crippen molar-refractivity contribution < 1.29 is 14.3 Å². The van der Waals surface area contributed by atoms with Gasteiger partial charge in [0.15, 0.2) is 11.8 Å². The lowest BCUT2D eigenvalue weighted by Crippen LogP contribution is -2.28. The molecule has 1 fully saturated rings. The molecule has 1 aromatic carbocycles. The van der Waals surface area contributed by atoms with Crippen LogP contribution in [-0.2, 0) is 4.79 Å². The molecule has 1 atom stereocenters. The van der Waals surface area contributed by atoms with Crippen molar-refractivity contribution >= 4 is 33.4 Å². The van der Waals surface area contributed by atoms with Crippen LogP contribution in [0.2, 0.25) is 0 Å². The molecule has 1 aliphatic rings. The normalized spacial score (nSPS) is 19.6. The molecule has 1 saturated carbocycles. The van der Waals surface area contributed by atoms with Crippen molar-refractivity contribution in [2.45, 2.75) is 37.8 Å². The zero-order chi connectivity index (χ0) is 23.1. The number of halogens is 2. The number of benzene rings is 1. The Morgan fingerprint density at radius 1 is 1.15 bits per heavy atom. The van der Waals surface area contributed by atoms with Crippen molar-refractivity contribution in [2.24, 2.45) is 5.92 Å². The van der Waals surface area contributed by atoms with Crippen LogP contribution in [0, 0.1) is 5.92 Å². The topological polar surface area (TPSA) is 111 Å². The summed E-state index contributed by atoms with van der Waals surface area (Å²) in [6, 6.07) is 9.80. The number of fused-ring (bicyclic) bond motifs is 1. The van der Waals surface area contributed by atoms with E-state index in [1.165, 1.54) is 0 Å². The highest BCUT2D eigenvalue weighted by atomic mass is 79.9. The maximum atomic E-state index is 14.0. The fraction of sp³-hybridized carbons (Fsp3) is 0.304. The SMILES string of the molecule is Nc1c(Br)c(C2CCC([C@H](F)C(=O)O)CC2)nc2c(-c3cnn(-c4ccccc4)c3)cnn12. The second kappa shape index (κ2) is 8.58. The van der Waals surface area contributed by atoms with E-state index < -0.39 is 18.1 Å². The number of para-hydroxylation sites is 1. The molecule has 8 nitrogen and oxygen atoms in total. The first-order valence-corrected chi connectivity index (χ1v) is 11.5. The second-order valence-corrected chi connectivity index (χ2v) is 9.14.